The molecule has 0 saturated heterocycles. The summed E-state index contributed by atoms with van der Waals surface area (Å²) in [6.45, 7) is 7.94. The van der Waals surface area contributed by atoms with Crippen LogP contribution in [0, 0.1) is 18.7 Å². The maximum Gasteiger partial charge on any atom is 0.394 e. The highest BCUT2D eigenvalue weighted by molar-refractivity contribution is 5.91. The lowest BCUT2D eigenvalue weighted by atomic mass is 9.70. The molecular weight excluding hydrogens is 432 g/mol. The number of benzene rings is 2. The fourth-order valence-electron chi connectivity index (χ4n) is 5.16. The molecule has 0 bridgehead atoms. The maximum atomic E-state index is 14.3. The Hall–Kier alpha value is -2.83. The molecule has 1 heterocycles. The predicted molar refractivity (Wildman–Crippen MR) is 123 cm³/mol. The van der Waals surface area contributed by atoms with Gasteiger partial charge in [0.25, 0.3) is 0 Å². The van der Waals surface area contributed by atoms with Crippen molar-refractivity contribution in [1.29, 1.82) is 0 Å². The third kappa shape index (κ3) is 4.25. The molecule has 3 aromatic rings. The van der Waals surface area contributed by atoms with Crippen LogP contribution in [0.4, 0.5) is 23.2 Å². The molecule has 0 spiro atoms. The number of fused-ring (bicyclic) bond motifs is 2. The van der Waals surface area contributed by atoms with Crippen molar-refractivity contribution in [3.05, 3.63) is 74.8 Å². The molecule has 1 aliphatic rings. The highest BCUT2D eigenvalue weighted by Gasteiger charge is 2.50. The van der Waals surface area contributed by atoms with Gasteiger partial charge in [-0.3, -0.25) is 4.79 Å². The van der Waals surface area contributed by atoms with Gasteiger partial charge in [-0.25, -0.2) is 4.39 Å². The van der Waals surface area contributed by atoms with E-state index >= 15 is 0 Å². The number of rotatable bonds is 4. The Morgan fingerprint density at radius 1 is 1.15 bits per heavy atom. The topological polar surface area (TPSA) is 44.9 Å². The quantitative estimate of drug-likeness (QED) is 0.401. The minimum absolute atomic E-state index is 0.0114. The van der Waals surface area contributed by atoms with Gasteiger partial charge in [-0.05, 0) is 72.1 Å². The van der Waals surface area contributed by atoms with Crippen LogP contribution in [0.3, 0.4) is 0 Å². The number of anilines is 1. The third-order valence-electron chi connectivity index (χ3n) is 6.86. The lowest BCUT2D eigenvalue weighted by molar-refractivity contribution is -0.184. The van der Waals surface area contributed by atoms with Crippen molar-refractivity contribution in [2.24, 2.45) is 5.92 Å². The first-order valence-corrected chi connectivity index (χ1v) is 11.3. The standard InChI is InChI=1S/C26H28F4N2O/c1-5-15-12-19(26(28,29)30)24(18-11-16(13(2)3)10-14(4)23(15)18)31-21-8-7-20(27)25-17(21)6-9-22(33)32-25/h6-11,13,15,19,24,31H,5,12H2,1-4H3,(H,32,33). The Kier molecular flexibility index (Phi) is 6.01. The third-order valence-corrected chi connectivity index (χ3v) is 6.86. The summed E-state index contributed by atoms with van der Waals surface area (Å²) in [5.41, 5.74) is 3.48. The monoisotopic (exact) mass is 460 g/mol. The van der Waals surface area contributed by atoms with Crippen molar-refractivity contribution >= 4 is 16.6 Å². The summed E-state index contributed by atoms with van der Waals surface area (Å²) in [5, 5.41) is 3.45. The molecule has 0 amide bonds. The van der Waals surface area contributed by atoms with E-state index in [1.165, 1.54) is 18.2 Å². The Bertz CT molecular complexity index is 1250. The van der Waals surface area contributed by atoms with Crippen molar-refractivity contribution in [2.75, 3.05) is 5.32 Å². The zero-order chi connectivity index (χ0) is 24.1. The summed E-state index contributed by atoms with van der Waals surface area (Å²) in [6, 6.07) is 8.24. The summed E-state index contributed by atoms with van der Waals surface area (Å²) in [6.07, 6.45) is -3.80. The molecule has 7 heteroatoms. The van der Waals surface area contributed by atoms with E-state index in [0.29, 0.717) is 23.1 Å². The molecular formula is C26H28F4N2O. The first kappa shape index (κ1) is 23.3. The number of pyridine rings is 1. The number of H-pyrrole nitrogens is 1. The van der Waals surface area contributed by atoms with Gasteiger partial charge in [-0.1, -0.05) is 32.9 Å². The van der Waals surface area contributed by atoms with Crippen LogP contribution in [0.2, 0.25) is 0 Å². The molecule has 33 heavy (non-hydrogen) atoms. The number of alkyl halides is 3. The lowest BCUT2D eigenvalue weighted by Gasteiger charge is -2.41. The van der Waals surface area contributed by atoms with E-state index in [2.05, 4.69) is 16.4 Å². The number of aryl methyl sites for hydroxylation is 1. The van der Waals surface area contributed by atoms with Gasteiger partial charge in [-0.2, -0.15) is 13.2 Å². The molecule has 4 rings (SSSR count). The molecule has 0 radical (unpaired) electrons. The van der Waals surface area contributed by atoms with Gasteiger partial charge in [0.05, 0.1) is 17.5 Å². The van der Waals surface area contributed by atoms with Gasteiger partial charge in [0.15, 0.2) is 0 Å². The zero-order valence-electron chi connectivity index (χ0n) is 19.1. The number of aromatic nitrogens is 1. The van der Waals surface area contributed by atoms with E-state index < -0.39 is 29.5 Å². The molecule has 176 valence electrons. The van der Waals surface area contributed by atoms with Crippen molar-refractivity contribution in [3.8, 4) is 0 Å². The van der Waals surface area contributed by atoms with Gasteiger partial charge in [-0.15, -0.1) is 0 Å². The van der Waals surface area contributed by atoms with Crippen molar-refractivity contribution < 1.29 is 17.6 Å². The normalized spacial score (nSPS) is 20.8. The fraction of sp³-hybridized carbons (Fsp3) is 0.423. The molecule has 3 unspecified atom stereocenters. The molecule has 2 aromatic carbocycles. The summed E-state index contributed by atoms with van der Waals surface area (Å²) >= 11 is 0. The number of aromatic amines is 1. The van der Waals surface area contributed by atoms with Crippen LogP contribution in [-0.4, -0.2) is 11.2 Å². The van der Waals surface area contributed by atoms with Gasteiger partial charge in [0, 0.05) is 17.1 Å². The second kappa shape index (κ2) is 8.50. The molecule has 3 atom stereocenters. The van der Waals surface area contributed by atoms with Gasteiger partial charge in [0.2, 0.25) is 5.56 Å². The summed E-state index contributed by atoms with van der Waals surface area (Å²) in [4.78, 5) is 14.2. The minimum atomic E-state index is -4.41. The van der Waals surface area contributed by atoms with Gasteiger partial charge < -0.3 is 10.3 Å². The maximum absolute atomic E-state index is 14.3. The van der Waals surface area contributed by atoms with E-state index in [-0.39, 0.29) is 23.8 Å². The van der Waals surface area contributed by atoms with Crippen LogP contribution < -0.4 is 10.9 Å². The summed E-state index contributed by atoms with van der Waals surface area (Å²) < 4.78 is 57.4. The molecule has 3 nitrogen and oxygen atoms in total. The van der Waals surface area contributed by atoms with E-state index in [1.54, 1.807) is 0 Å². The second-order valence-electron chi connectivity index (χ2n) is 9.31. The van der Waals surface area contributed by atoms with E-state index in [1.807, 2.05) is 33.8 Å². The van der Waals surface area contributed by atoms with E-state index in [9.17, 15) is 22.4 Å². The number of hydrogen-bond donors (Lipinski definition) is 2. The lowest BCUT2D eigenvalue weighted by Crippen LogP contribution is -2.38. The van der Waals surface area contributed by atoms with Gasteiger partial charge in [0.1, 0.15) is 5.82 Å². The molecule has 0 fully saturated rings. The molecule has 0 aliphatic heterocycles. The average Bonchev–Trinajstić information content (AvgIpc) is 2.74. The largest absolute Gasteiger partial charge is 0.394 e. The molecule has 2 N–H and O–H groups in total. The summed E-state index contributed by atoms with van der Waals surface area (Å²) in [7, 11) is 0. The Morgan fingerprint density at radius 2 is 1.88 bits per heavy atom. The fourth-order valence-corrected chi connectivity index (χ4v) is 5.16. The second-order valence-corrected chi connectivity index (χ2v) is 9.31. The first-order chi connectivity index (χ1) is 15.5. The van der Waals surface area contributed by atoms with Crippen LogP contribution in [0.15, 0.2) is 41.2 Å². The van der Waals surface area contributed by atoms with Crippen molar-refractivity contribution in [3.63, 3.8) is 0 Å². The van der Waals surface area contributed by atoms with Crippen molar-refractivity contribution in [2.45, 2.75) is 64.6 Å². The van der Waals surface area contributed by atoms with Gasteiger partial charge >= 0.3 is 6.18 Å². The number of hydrogen-bond acceptors (Lipinski definition) is 2. The van der Waals surface area contributed by atoms with E-state index in [0.717, 1.165) is 22.8 Å². The molecule has 1 aromatic heterocycles. The predicted octanol–water partition coefficient (Wildman–Crippen LogP) is 7.33. The van der Waals surface area contributed by atoms with Crippen LogP contribution >= 0.6 is 0 Å². The average molecular weight is 461 g/mol. The minimum Gasteiger partial charge on any atom is -0.377 e. The smallest absolute Gasteiger partial charge is 0.377 e. The van der Waals surface area contributed by atoms with Crippen LogP contribution in [0.1, 0.15) is 73.7 Å². The van der Waals surface area contributed by atoms with Crippen LogP contribution in [-0.2, 0) is 0 Å². The summed E-state index contributed by atoms with van der Waals surface area (Å²) in [5.74, 6) is -2.25. The van der Waals surface area contributed by atoms with Crippen LogP contribution in [0.5, 0.6) is 0 Å². The van der Waals surface area contributed by atoms with Crippen LogP contribution in [0.25, 0.3) is 10.9 Å². The highest BCUT2D eigenvalue weighted by Crippen LogP contribution is 2.52. The zero-order valence-corrected chi connectivity index (χ0v) is 19.1. The van der Waals surface area contributed by atoms with E-state index in [4.69, 9.17) is 0 Å². The Morgan fingerprint density at radius 3 is 2.52 bits per heavy atom. The van der Waals surface area contributed by atoms with Crippen molar-refractivity contribution in [1.82, 2.24) is 4.98 Å². The molecule has 1 aliphatic carbocycles. The highest BCUT2D eigenvalue weighted by atomic mass is 19.4. The Labute approximate surface area is 190 Å². The SMILES string of the molecule is CCC1CC(C(F)(F)F)C(Nc2ccc(F)c3[nH]c(=O)ccc23)c2cc(C(C)C)cc(C)c21. The number of nitrogens with one attached hydrogen (secondary N) is 2. The number of halogens is 4. The first-order valence-electron chi connectivity index (χ1n) is 11.3. The Balaban J connectivity index is 1.93. The molecule has 0 saturated carbocycles.